The largest absolute Gasteiger partial charge is 0.417 e. The maximum atomic E-state index is 12.9. The van der Waals surface area contributed by atoms with Crippen LogP contribution in [0.4, 0.5) is 23.7 Å². The van der Waals surface area contributed by atoms with Crippen molar-refractivity contribution in [3.8, 4) is 0 Å². The Balaban J connectivity index is 1.50. The van der Waals surface area contributed by atoms with Crippen molar-refractivity contribution in [1.29, 1.82) is 0 Å². The maximum Gasteiger partial charge on any atom is 0.417 e. The molecule has 1 saturated heterocycles. The fourth-order valence-corrected chi connectivity index (χ4v) is 3.35. The molecule has 1 N–H and O–H groups in total. The molecule has 1 heterocycles. The SMILES string of the molecule is O=C(Nc1ccc(Cl)c(C(F)(F)F)c1)N1CCN(CCc2ccccc2)CC1. The highest BCUT2D eigenvalue weighted by Gasteiger charge is 2.33. The van der Waals surface area contributed by atoms with Gasteiger partial charge in [-0.05, 0) is 30.2 Å². The number of carbonyl (C=O) groups excluding carboxylic acids is 1. The molecule has 0 aliphatic carbocycles. The number of anilines is 1. The van der Waals surface area contributed by atoms with Crippen LogP contribution in [0.1, 0.15) is 11.1 Å². The lowest BCUT2D eigenvalue weighted by Gasteiger charge is -2.34. The van der Waals surface area contributed by atoms with Gasteiger partial charge in [0.15, 0.2) is 0 Å². The molecular weight excluding hydrogens is 391 g/mol. The molecule has 3 rings (SSSR count). The Kier molecular flexibility index (Phi) is 6.46. The average molecular weight is 412 g/mol. The monoisotopic (exact) mass is 411 g/mol. The number of alkyl halides is 3. The zero-order chi connectivity index (χ0) is 20.1. The van der Waals surface area contributed by atoms with Crippen LogP contribution in [0.2, 0.25) is 5.02 Å². The van der Waals surface area contributed by atoms with E-state index in [2.05, 4.69) is 22.3 Å². The zero-order valence-electron chi connectivity index (χ0n) is 15.2. The zero-order valence-corrected chi connectivity index (χ0v) is 15.9. The van der Waals surface area contributed by atoms with Crippen LogP contribution in [0.15, 0.2) is 48.5 Å². The molecule has 0 unspecified atom stereocenters. The molecule has 1 aliphatic rings. The van der Waals surface area contributed by atoms with E-state index in [9.17, 15) is 18.0 Å². The van der Waals surface area contributed by atoms with E-state index in [-0.39, 0.29) is 5.69 Å². The molecule has 8 heteroatoms. The van der Waals surface area contributed by atoms with Gasteiger partial charge in [-0.1, -0.05) is 41.9 Å². The molecule has 2 aromatic rings. The Morgan fingerprint density at radius 1 is 1.04 bits per heavy atom. The van der Waals surface area contributed by atoms with Crippen LogP contribution >= 0.6 is 11.6 Å². The number of halogens is 4. The second-order valence-corrected chi connectivity index (χ2v) is 7.09. The summed E-state index contributed by atoms with van der Waals surface area (Å²) in [6.07, 6.45) is -3.62. The fraction of sp³-hybridized carbons (Fsp3) is 0.350. The third-order valence-corrected chi connectivity index (χ3v) is 5.07. The molecule has 0 aromatic heterocycles. The molecule has 2 aromatic carbocycles. The molecular formula is C20H21ClF3N3O. The molecule has 2 amide bonds. The quantitative estimate of drug-likeness (QED) is 0.788. The Morgan fingerprint density at radius 2 is 1.71 bits per heavy atom. The number of amides is 2. The third kappa shape index (κ3) is 5.39. The summed E-state index contributed by atoms with van der Waals surface area (Å²) in [5, 5.41) is 2.14. The van der Waals surface area contributed by atoms with E-state index < -0.39 is 22.8 Å². The number of urea groups is 1. The van der Waals surface area contributed by atoms with Crippen LogP contribution in [-0.4, -0.2) is 48.6 Å². The molecule has 150 valence electrons. The lowest BCUT2D eigenvalue weighted by atomic mass is 10.1. The summed E-state index contributed by atoms with van der Waals surface area (Å²) in [6.45, 7) is 3.43. The van der Waals surface area contributed by atoms with Crippen molar-refractivity contribution < 1.29 is 18.0 Å². The van der Waals surface area contributed by atoms with Gasteiger partial charge in [0.25, 0.3) is 0 Å². The van der Waals surface area contributed by atoms with E-state index in [4.69, 9.17) is 11.6 Å². The topological polar surface area (TPSA) is 35.6 Å². The Hall–Kier alpha value is -2.25. The third-order valence-electron chi connectivity index (χ3n) is 4.74. The highest BCUT2D eigenvalue weighted by atomic mass is 35.5. The minimum Gasteiger partial charge on any atom is -0.322 e. The summed E-state index contributed by atoms with van der Waals surface area (Å²) in [4.78, 5) is 16.3. The van der Waals surface area contributed by atoms with E-state index in [1.165, 1.54) is 11.6 Å². The number of piperazine rings is 1. The molecule has 0 bridgehead atoms. The predicted octanol–water partition coefficient (Wildman–Crippen LogP) is 4.75. The fourth-order valence-electron chi connectivity index (χ4n) is 3.13. The minimum atomic E-state index is -4.57. The first-order valence-electron chi connectivity index (χ1n) is 9.02. The van der Waals surface area contributed by atoms with Gasteiger partial charge in [-0.25, -0.2) is 4.79 Å². The van der Waals surface area contributed by atoms with E-state index in [0.717, 1.165) is 38.2 Å². The van der Waals surface area contributed by atoms with Crippen LogP contribution in [0.5, 0.6) is 0 Å². The number of nitrogens with zero attached hydrogens (tertiary/aromatic N) is 2. The Bertz CT molecular complexity index is 806. The smallest absolute Gasteiger partial charge is 0.322 e. The summed E-state index contributed by atoms with van der Waals surface area (Å²) >= 11 is 5.61. The summed E-state index contributed by atoms with van der Waals surface area (Å²) in [5.74, 6) is 0. The lowest BCUT2D eigenvalue weighted by molar-refractivity contribution is -0.137. The molecule has 28 heavy (non-hydrogen) atoms. The Morgan fingerprint density at radius 3 is 2.36 bits per heavy atom. The van der Waals surface area contributed by atoms with E-state index >= 15 is 0 Å². The first kappa shape index (κ1) is 20.5. The van der Waals surface area contributed by atoms with Crippen LogP contribution in [0.25, 0.3) is 0 Å². The first-order chi connectivity index (χ1) is 13.3. The van der Waals surface area contributed by atoms with Gasteiger partial charge < -0.3 is 10.2 Å². The average Bonchev–Trinajstić information content (AvgIpc) is 2.68. The summed E-state index contributed by atoms with van der Waals surface area (Å²) < 4.78 is 38.8. The van der Waals surface area contributed by atoms with Gasteiger partial charge >= 0.3 is 12.2 Å². The van der Waals surface area contributed by atoms with Crippen molar-refractivity contribution in [2.45, 2.75) is 12.6 Å². The van der Waals surface area contributed by atoms with Gasteiger partial charge in [-0.15, -0.1) is 0 Å². The Labute approximate surface area is 166 Å². The van der Waals surface area contributed by atoms with Crippen molar-refractivity contribution in [2.75, 3.05) is 38.0 Å². The minimum absolute atomic E-state index is 0.0771. The van der Waals surface area contributed by atoms with Crippen molar-refractivity contribution in [3.05, 3.63) is 64.7 Å². The number of hydrogen-bond donors (Lipinski definition) is 1. The predicted molar refractivity (Wildman–Crippen MR) is 104 cm³/mol. The van der Waals surface area contributed by atoms with Crippen LogP contribution in [-0.2, 0) is 12.6 Å². The van der Waals surface area contributed by atoms with Crippen LogP contribution < -0.4 is 5.32 Å². The van der Waals surface area contributed by atoms with Crippen molar-refractivity contribution >= 4 is 23.3 Å². The number of benzene rings is 2. The maximum absolute atomic E-state index is 12.9. The number of carbonyl (C=O) groups is 1. The van der Waals surface area contributed by atoms with Crippen molar-refractivity contribution in [1.82, 2.24) is 9.80 Å². The van der Waals surface area contributed by atoms with Crippen LogP contribution in [0, 0.1) is 0 Å². The highest BCUT2D eigenvalue weighted by molar-refractivity contribution is 6.31. The molecule has 0 atom stereocenters. The van der Waals surface area contributed by atoms with Crippen molar-refractivity contribution in [2.24, 2.45) is 0 Å². The van der Waals surface area contributed by atoms with E-state index in [1.54, 1.807) is 4.90 Å². The summed E-state index contributed by atoms with van der Waals surface area (Å²) in [6, 6.07) is 13.1. The standard InChI is InChI=1S/C20H21ClF3N3O/c21-18-7-6-16(14-17(18)20(22,23)24)25-19(28)27-12-10-26(11-13-27)9-8-15-4-2-1-3-5-15/h1-7,14H,8-13H2,(H,25,28). The number of hydrogen-bond acceptors (Lipinski definition) is 2. The van der Waals surface area contributed by atoms with Gasteiger partial charge in [-0.3, -0.25) is 4.90 Å². The molecule has 0 saturated carbocycles. The molecule has 0 radical (unpaired) electrons. The van der Waals surface area contributed by atoms with Gasteiger partial charge in [0, 0.05) is 38.4 Å². The first-order valence-corrected chi connectivity index (χ1v) is 9.40. The molecule has 4 nitrogen and oxygen atoms in total. The van der Waals surface area contributed by atoms with E-state index in [1.807, 2.05) is 18.2 Å². The second-order valence-electron chi connectivity index (χ2n) is 6.69. The van der Waals surface area contributed by atoms with E-state index in [0.29, 0.717) is 13.1 Å². The summed E-state index contributed by atoms with van der Waals surface area (Å²) in [7, 11) is 0. The van der Waals surface area contributed by atoms with Gasteiger partial charge in [0.05, 0.1) is 10.6 Å². The summed E-state index contributed by atoms with van der Waals surface area (Å²) in [5.41, 5.74) is 0.386. The lowest BCUT2D eigenvalue weighted by Crippen LogP contribution is -2.50. The highest BCUT2D eigenvalue weighted by Crippen LogP contribution is 2.36. The van der Waals surface area contributed by atoms with Crippen LogP contribution in [0.3, 0.4) is 0 Å². The number of rotatable bonds is 4. The number of nitrogens with one attached hydrogen (secondary N) is 1. The van der Waals surface area contributed by atoms with Crippen molar-refractivity contribution in [3.63, 3.8) is 0 Å². The second kappa shape index (κ2) is 8.84. The molecule has 1 fully saturated rings. The molecule has 1 aliphatic heterocycles. The molecule has 0 spiro atoms. The van der Waals surface area contributed by atoms with Gasteiger partial charge in [0.2, 0.25) is 0 Å². The normalized spacial score (nSPS) is 15.5. The van der Waals surface area contributed by atoms with Gasteiger partial charge in [0.1, 0.15) is 0 Å². The van der Waals surface area contributed by atoms with Gasteiger partial charge in [-0.2, -0.15) is 13.2 Å².